The summed E-state index contributed by atoms with van der Waals surface area (Å²) in [5.41, 5.74) is -0.474. The smallest absolute Gasteiger partial charge is 0.377 e. The molecule has 7 nitrogen and oxygen atoms in total. The van der Waals surface area contributed by atoms with Gasteiger partial charge in [0, 0.05) is 25.0 Å². The Labute approximate surface area is 204 Å². The molecule has 0 saturated carbocycles. The summed E-state index contributed by atoms with van der Waals surface area (Å²) in [5.74, 6) is -2.17. The number of benzene rings is 1. The SMILES string of the molecule is Cc1cc(C(F)(F)F)cc(N2C[C@@H](C(=O)NC3COC3)C[C@H]2C(=O)N(C)c2ccc(F)c(Cl)c2)n1. The van der Waals surface area contributed by atoms with Crippen LogP contribution < -0.4 is 15.1 Å². The van der Waals surface area contributed by atoms with Gasteiger partial charge in [-0.25, -0.2) is 9.37 Å². The van der Waals surface area contributed by atoms with Gasteiger partial charge in [0.05, 0.1) is 35.8 Å². The van der Waals surface area contributed by atoms with Crippen LogP contribution in [0.15, 0.2) is 30.3 Å². The summed E-state index contributed by atoms with van der Waals surface area (Å²) in [4.78, 5) is 33.2. The molecule has 0 bridgehead atoms. The van der Waals surface area contributed by atoms with E-state index in [2.05, 4.69) is 10.3 Å². The maximum Gasteiger partial charge on any atom is 0.416 e. The van der Waals surface area contributed by atoms with Crippen LogP contribution in [-0.4, -0.2) is 55.7 Å². The van der Waals surface area contributed by atoms with E-state index in [0.29, 0.717) is 18.9 Å². The second-order valence-corrected chi connectivity index (χ2v) is 9.10. The second-order valence-electron chi connectivity index (χ2n) is 8.69. The fourth-order valence-corrected chi connectivity index (χ4v) is 4.33. The van der Waals surface area contributed by atoms with Crippen molar-refractivity contribution in [1.82, 2.24) is 10.3 Å². The monoisotopic (exact) mass is 514 g/mol. The first kappa shape index (κ1) is 25.2. The van der Waals surface area contributed by atoms with E-state index in [1.807, 2.05) is 0 Å². The average Bonchev–Trinajstić information content (AvgIpc) is 3.21. The highest BCUT2D eigenvalue weighted by atomic mass is 35.5. The molecule has 1 N–H and O–H groups in total. The molecule has 12 heteroatoms. The first-order valence-electron chi connectivity index (χ1n) is 10.9. The van der Waals surface area contributed by atoms with Crippen LogP contribution in [0.4, 0.5) is 29.1 Å². The van der Waals surface area contributed by atoms with Crippen LogP contribution in [0.3, 0.4) is 0 Å². The second kappa shape index (κ2) is 9.62. The summed E-state index contributed by atoms with van der Waals surface area (Å²) in [6.07, 6.45) is -4.54. The van der Waals surface area contributed by atoms with E-state index in [0.717, 1.165) is 18.2 Å². The number of nitrogens with one attached hydrogen (secondary N) is 1. The first-order chi connectivity index (χ1) is 16.4. The Bertz CT molecular complexity index is 1140. The molecule has 2 aliphatic heterocycles. The van der Waals surface area contributed by atoms with Crippen molar-refractivity contribution in [3.05, 3.63) is 52.4 Å². The van der Waals surface area contributed by atoms with Crippen molar-refractivity contribution >= 4 is 34.9 Å². The number of likely N-dealkylation sites (N-methyl/N-ethyl adjacent to an activating group) is 1. The van der Waals surface area contributed by atoms with E-state index in [-0.39, 0.29) is 41.4 Å². The summed E-state index contributed by atoms with van der Waals surface area (Å²) < 4.78 is 59.1. The predicted octanol–water partition coefficient (Wildman–Crippen LogP) is 3.57. The lowest BCUT2D eigenvalue weighted by Gasteiger charge is -2.29. The number of carbonyl (C=O) groups is 2. The Morgan fingerprint density at radius 3 is 2.54 bits per heavy atom. The van der Waals surface area contributed by atoms with Crippen LogP contribution in [0, 0.1) is 18.7 Å². The van der Waals surface area contributed by atoms with Crippen molar-refractivity contribution in [2.75, 3.05) is 36.6 Å². The van der Waals surface area contributed by atoms with E-state index >= 15 is 0 Å². The summed E-state index contributed by atoms with van der Waals surface area (Å²) in [5, 5.41) is 2.66. The quantitative estimate of drug-likeness (QED) is 0.618. The van der Waals surface area contributed by atoms with Crippen molar-refractivity contribution in [3.63, 3.8) is 0 Å². The average molecular weight is 515 g/mol. The van der Waals surface area contributed by atoms with E-state index in [9.17, 15) is 27.2 Å². The van der Waals surface area contributed by atoms with Gasteiger partial charge in [0.15, 0.2) is 0 Å². The van der Waals surface area contributed by atoms with Crippen molar-refractivity contribution in [1.29, 1.82) is 0 Å². The summed E-state index contributed by atoms with van der Waals surface area (Å²) in [6, 6.07) is 4.44. The number of rotatable bonds is 5. The Morgan fingerprint density at radius 1 is 1.23 bits per heavy atom. The lowest BCUT2D eigenvalue weighted by atomic mass is 10.0. The Kier molecular flexibility index (Phi) is 6.92. The number of aryl methyl sites for hydroxylation is 1. The topological polar surface area (TPSA) is 74.8 Å². The number of anilines is 2. The number of ether oxygens (including phenoxy) is 1. The number of pyridine rings is 1. The zero-order valence-corrected chi connectivity index (χ0v) is 19.7. The molecule has 1 aromatic heterocycles. The molecule has 2 aromatic rings. The lowest BCUT2D eigenvalue weighted by molar-refractivity contribution is -0.137. The normalized spacial score (nSPS) is 20.5. The highest BCUT2D eigenvalue weighted by Crippen LogP contribution is 2.36. The molecule has 2 fully saturated rings. The molecule has 4 rings (SSSR count). The van der Waals surface area contributed by atoms with Gasteiger partial charge in [-0.3, -0.25) is 9.59 Å². The van der Waals surface area contributed by atoms with Crippen molar-refractivity contribution in [2.24, 2.45) is 5.92 Å². The van der Waals surface area contributed by atoms with Gasteiger partial charge >= 0.3 is 6.18 Å². The summed E-state index contributed by atoms with van der Waals surface area (Å²) in [7, 11) is 1.45. The van der Waals surface area contributed by atoms with Gasteiger partial charge in [-0.15, -0.1) is 0 Å². The van der Waals surface area contributed by atoms with Gasteiger partial charge in [-0.1, -0.05) is 11.6 Å². The van der Waals surface area contributed by atoms with E-state index in [1.54, 1.807) is 0 Å². The number of carbonyl (C=O) groups excluding carboxylic acids is 2. The summed E-state index contributed by atoms with van der Waals surface area (Å²) in [6.45, 7) is 2.20. The third-order valence-electron chi connectivity index (χ3n) is 6.12. The fraction of sp³-hybridized carbons (Fsp3) is 0.435. The molecule has 188 valence electrons. The highest BCUT2D eigenvalue weighted by molar-refractivity contribution is 6.31. The summed E-state index contributed by atoms with van der Waals surface area (Å²) >= 11 is 5.85. The number of alkyl halides is 3. The minimum atomic E-state index is -4.61. The van der Waals surface area contributed by atoms with Crippen LogP contribution in [0.25, 0.3) is 0 Å². The molecule has 3 heterocycles. The Hall–Kier alpha value is -2.92. The van der Waals surface area contributed by atoms with Crippen LogP contribution in [0.1, 0.15) is 17.7 Å². The fourth-order valence-electron chi connectivity index (χ4n) is 4.16. The van der Waals surface area contributed by atoms with Gasteiger partial charge in [0.1, 0.15) is 17.7 Å². The van der Waals surface area contributed by atoms with Crippen LogP contribution in [0.2, 0.25) is 5.02 Å². The van der Waals surface area contributed by atoms with Gasteiger partial charge in [-0.05, 0) is 43.7 Å². The molecule has 35 heavy (non-hydrogen) atoms. The largest absolute Gasteiger partial charge is 0.416 e. The number of hydrogen-bond acceptors (Lipinski definition) is 5. The maximum absolute atomic E-state index is 13.6. The van der Waals surface area contributed by atoms with Gasteiger partial charge in [0.2, 0.25) is 11.8 Å². The number of nitrogens with zero attached hydrogens (tertiary/aromatic N) is 3. The number of hydrogen-bond donors (Lipinski definition) is 1. The zero-order chi connectivity index (χ0) is 25.5. The van der Waals surface area contributed by atoms with Crippen molar-refractivity contribution < 1.29 is 31.9 Å². The molecule has 0 unspecified atom stereocenters. The minimum Gasteiger partial charge on any atom is -0.377 e. The predicted molar refractivity (Wildman–Crippen MR) is 121 cm³/mol. The van der Waals surface area contributed by atoms with Crippen molar-refractivity contribution in [2.45, 2.75) is 31.6 Å². The molecule has 2 aliphatic rings. The van der Waals surface area contributed by atoms with Gasteiger partial charge in [0.25, 0.3) is 0 Å². The highest BCUT2D eigenvalue weighted by Gasteiger charge is 2.43. The van der Waals surface area contributed by atoms with Crippen molar-refractivity contribution in [3.8, 4) is 0 Å². The standard InChI is InChI=1S/C23H23ClF4N4O3/c1-12-5-14(23(26,27)28)7-20(29-12)32-9-13(21(33)30-15-10-35-11-15)6-19(32)22(34)31(2)16-3-4-18(25)17(24)8-16/h3-5,7-8,13,15,19H,6,9-11H2,1-2H3,(H,30,33)/t13-,19-/m0/s1. The van der Waals surface area contributed by atoms with Crippen LogP contribution in [-0.2, 0) is 20.5 Å². The molecule has 1 aromatic carbocycles. The molecule has 0 radical (unpaired) electrons. The molecule has 2 amide bonds. The van der Waals surface area contributed by atoms with Gasteiger partial charge < -0.3 is 19.9 Å². The minimum absolute atomic E-state index is 0.00157. The molecule has 2 saturated heterocycles. The van der Waals surface area contributed by atoms with E-state index in [4.69, 9.17) is 16.3 Å². The number of aromatic nitrogens is 1. The van der Waals surface area contributed by atoms with E-state index in [1.165, 1.54) is 35.9 Å². The van der Waals surface area contributed by atoms with Crippen LogP contribution in [0.5, 0.6) is 0 Å². The molecule has 0 aliphatic carbocycles. The molecular weight excluding hydrogens is 492 g/mol. The van der Waals surface area contributed by atoms with Crippen LogP contribution >= 0.6 is 11.6 Å². The first-order valence-corrected chi connectivity index (χ1v) is 11.2. The Morgan fingerprint density at radius 2 is 1.94 bits per heavy atom. The molecule has 2 atom stereocenters. The maximum atomic E-state index is 13.6. The van der Waals surface area contributed by atoms with E-state index < -0.39 is 35.4 Å². The zero-order valence-electron chi connectivity index (χ0n) is 18.9. The molecule has 0 spiro atoms. The molecular formula is C23H23ClF4N4O3. The van der Waals surface area contributed by atoms with Gasteiger partial charge in [-0.2, -0.15) is 13.2 Å². The number of amides is 2. The lowest BCUT2D eigenvalue weighted by Crippen LogP contribution is -2.50. The Balaban J connectivity index is 1.66. The third kappa shape index (κ3) is 5.35. The number of halogens is 5. The third-order valence-corrected chi connectivity index (χ3v) is 6.41.